The van der Waals surface area contributed by atoms with Gasteiger partial charge in [-0.25, -0.2) is 12.8 Å². The number of fused-ring (bicyclic) bond motifs is 1. The number of sulfonamides is 1. The predicted molar refractivity (Wildman–Crippen MR) is 102 cm³/mol. The molecule has 0 spiro atoms. The molecule has 0 aliphatic carbocycles. The van der Waals surface area contributed by atoms with Gasteiger partial charge in [0.25, 0.3) is 0 Å². The SMILES string of the molecule is CC(C)[C@H](NS(=O)(=O)c1cccc2c1N=S=N2)C(=O)Nc1ccccc1F. The Morgan fingerprint density at radius 3 is 2.56 bits per heavy atom. The summed E-state index contributed by atoms with van der Waals surface area (Å²) in [7, 11) is -4.05. The molecule has 0 fully saturated rings. The standard InChI is InChI=1S/C17H17FN4O3S2/c1-10(2)15(17(23)19-12-7-4-3-6-11(12)18)22-27(24,25)14-9-5-8-13-16(14)21-26-20-13/h3-10,15,22H,1-2H3,(H,19,23)/t15-/m0/s1. The lowest BCUT2D eigenvalue weighted by molar-refractivity contribution is -0.118. The van der Waals surface area contributed by atoms with E-state index in [1.807, 2.05) is 0 Å². The van der Waals surface area contributed by atoms with Gasteiger partial charge in [0.05, 0.1) is 17.0 Å². The number of amides is 1. The highest BCUT2D eigenvalue weighted by molar-refractivity contribution is 7.89. The van der Waals surface area contributed by atoms with Gasteiger partial charge in [-0.3, -0.25) is 4.79 Å². The molecule has 0 saturated carbocycles. The second kappa shape index (κ2) is 7.67. The molecule has 10 heteroatoms. The summed E-state index contributed by atoms with van der Waals surface area (Å²) in [4.78, 5) is 12.5. The fourth-order valence-corrected chi connectivity index (χ4v) is 4.60. The Balaban J connectivity index is 1.86. The van der Waals surface area contributed by atoms with Gasteiger partial charge in [0.1, 0.15) is 28.1 Å². The van der Waals surface area contributed by atoms with Crippen LogP contribution in [0.4, 0.5) is 21.5 Å². The third-order valence-electron chi connectivity index (χ3n) is 3.90. The molecule has 27 heavy (non-hydrogen) atoms. The molecule has 0 radical (unpaired) electrons. The highest BCUT2D eigenvalue weighted by Gasteiger charge is 2.31. The van der Waals surface area contributed by atoms with E-state index in [0.717, 1.165) is 11.4 Å². The minimum absolute atomic E-state index is 0.0156. The molecule has 7 nitrogen and oxygen atoms in total. The lowest BCUT2D eigenvalue weighted by Gasteiger charge is -2.22. The van der Waals surface area contributed by atoms with Crippen molar-refractivity contribution < 1.29 is 17.6 Å². The predicted octanol–water partition coefficient (Wildman–Crippen LogP) is 3.49. The highest BCUT2D eigenvalue weighted by Crippen LogP contribution is 2.37. The Labute approximate surface area is 159 Å². The van der Waals surface area contributed by atoms with Crippen LogP contribution in [0.1, 0.15) is 13.8 Å². The Kier molecular flexibility index (Phi) is 5.49. The van der Waals surface area contributed by atoms with Crippen LogP contribution in [-0.4, -0.2) is 20.4 Å². The summed E-state index contributed by atoms with van der Waals surface area (Å²) in [5, 5.41) is 2.43. The van der Waals surface area contributed by atoms with E-state index in [1.165, 1.54) is 24.3 Å². The van der Waals surface area contributed by atoms with E-state index in [2.05, 4.69) is 18.8 Å². The van der Waals surface area contributed by atoms with Crippen LogP contribution in [0.25, 0.3) is 0 Å². The van der Waals surface area contributed by atoms with E-state index >= 15 is 0 Å². The molecule has 2 aromatic rings. The van der Waals surface area contributed by atoms with Crippen LogP contribution in [0.3, 0.4) is 0 Å². The zero-order valence-corrected chi connectivity index (χ0v) is 16.1. The first-order valence-electron chi connectivity index (χ1n) is 8.08. The van der Waals surface area contributed by atoms with E-state index in [4.69, 9.17) is 0 Å². The molecule has 0 aromatic heterocycles. The lowest BCUT2D eigenvalue weighted by Crippen LogP contribution is -2.47. The van der Waals surface area contributed by atoms with Crippen molar-refractivity contribution in [3.63, 3.8) is 0 Å². The molecule has 0 saturated heterocycles. The number of hydrogen-bond acceptors (Lipinski definition) is 5. The van der Waals surface area contributed by atoms with Crippen LogP contribution < -0.4 is 10.0 Å². The largest absolute Gasteiger partial charge is 0.322 e. The molecule has 1 heterocycles. The number of carbonyl (C=O) groups is 1. The van der Waals surface area contributed by atoms with Gasteiger partial charge < -0.3 is 5.32 Å². The van der Waals surface area contributed by atoms with Crippen molar-refractivity contribution in [1.29, 1.82) is 0 Å². The van der Waals surface area contributed by atoms with Gasteiger partial charge in [-0.2, -0.15) is 13.4 Å². The van der Waals surface area contributed by atoms with Gasteiger partial charge in [-0.05, 0) is 30.2 Å². The number of nitrogens with one attached hydrogen (secondary N) is 2. The first kappa shape index (κ1) is 19.3. The summed E-state index contributed by atoms with van der Waals surface area (Å²) in [6.07, 6.45) is 0. The summed E-state index contributed by atoms with van der Waals surface area (Å²) in [6, 6.07) is 9.19. The molecule has 0 bridgehead atoms. The van der Waals surface area contributed by atoms with Crippen LogP contribution >= 0.6 is 0 Å². The number of benzene rings is 2. The van der Waals surface area contributed by atoms with E-state index in [-0.39, 0.29) is 22.2 Å². The molecular formula is C17H17FN4O3S2. The number of para-hydroxylation sites is 1. The van der Waals surface area contributed by atoms with E-state index in [0.29, 0.717) is 5.69 Å². The molecule has 142 valence electrons. The van der Waals surface area contributed by atoms with Crippen molar-refractivity contribution in [3.05, 3.63) is 48.3 Å². The van der Waals surface area contributed by atoms with Gasteiger partial charge in [0.2, 0.25) is 15.9 Å². The molecule has 0 unspecified atom stereocenters. The monoisotopic (exact) mass is 408 g/mol. The molecule has 1 atom stereocenters. The second-order valence-electron chi connectivity index (χ2n) is 6.20. The Hall–Kier alpha value is -2.43. The highest BCUT2D eigenvalue weighted by atomic mass is 32.2. The molecule has 2 N–H and O–H groups in total. The Morgan fingerprint density at radius 1 is 1.11 bits per heavy atom. The number of carbonyl (C=O) groups excluding carboxylic acids is 1. The smallest absolute Gasteiger partial charge is 0.243 e. The normalized spacial score (nSPS) is 13.9. The first-order valence-corrected chi connectivity index (χ1v) is 10.3. The van der Waals surface area contributed by atoms with Gasteiger partial charge in [-0.1, -0.05) is 32.0 Å². The third kappa shape index (κ3) is 4.12. The van der Waals surface area contributed by atoms with Crippen LogP contribution in [0.2, 0.25) is 0 Å². The van der Waals surface area contributed by atoms with E-state index < -0.39 is 27.8 Å². The van der Waals surface area contributed by atoms with Gasteiger partial charge in [-0.15, -0.1) is 0 Å². The maximum absolute atomic E-state index is 13.8. The topological polar surface area (TPSA) is 100.0 Å². The van der Waals surface area contributed by atoms with E-state index in [9.17, 15) is 17.6 Å². The van der Waals surface area contributed by atoms with Crippen molar-refractivity contribution in [1.82, 2.24) is 4.72 Å². The fraction of sp³-hybridized carbons (Fsp3) is 0.235. The molecule has 1 aliphatic heterocycles. The first-order chi connectivity index (χ1) is 12.8. The summed E-state index contributed by atoms with van der Waals surface area (Å²) >= 11 is 0.905. The third-order valence-corrected chi connectivity index (χ3v) is 5.92. The molecule has 3 rings (SSSR count). The maximum Gasteiger partial charge on any atom is 0.243 e. The Morgan fingerprint density at radius 2 is 1.85 bits per heavy atom. The van der Waals surface area contributed by atoms with Crippen LogP contribution in [0.15, 0.2) is 56.1 Å². The quantitative estimate of drug-likeness (QED) is 0.653. The van der Waals surface area contributed by atoms with Crippen molar-refractivity contribution in [2.75, 3.05) is 5.32 Å². The van der Waals surface area contributed by atoms with Gasteiger partial charge in [0.15, 0.2) is 0 Å². The van der Waals surface area contributed by atoms with Crippen LogP contribution in [-0.2, 0) is 26.2 Å². The van der Waals surface area contributed by atoms with Crippen molar-refractivity contribution in [2.24, 2.45) is 14.6 Å². The second-order valence-corrected chi connectivity index (χ2v) is 8.41. The van der Waals surface area contributed by atoms with Crippen molar-refractivity contribution in [2.45, 2.75) is 24.8 Å². The molecule has 1 amide bonds. The van der Waals surface area contributed by atoms with Gasteiger partial charge >= 0.3 is 0 Å². The average molecular weight is 408 g/mol. The summed E-state index contributed by atoms with van der Waals surface area (Å²) in [6.45, 7) is 3.39. The fourth-order valence-electron chi connectivity index (χ4n) is 2.49. The van der Waals surface area contributed by atoms with Crippen LogP contribution in [0.5, 0.6) is 0 Å². The summed E-state index contributed by atoms with van der Waals surface area (Å²) < 4.78 is 50.0. The zero-order valence-electron chi connectivity index (χ0n) is 14.5. The van der Waals surface area contributed by atoms with Gasteiger partial charge in [0, 0.05) is 0 Å². The minimum Gasteiger partial charge on any atom is -0.322 e. The summed E-state index contributed by atoms with van der Waals surface area (Å²) in [5.41, 5.74) is 0.685. The number of nitrogens with zero attached hydrogens (tertiary/aromatic N) is 2. The van der Waals surface area contributed by atoms with Crippen LogP contribution in [0, 0.1) is 11.7 Å². The van der Waals surface area contributed by atoms with Crippen molar-refractivity contribution in [3.8, 4) is 0 Å². The summed E-state index contributed by atoms with van der Waals surface area (Å²) in [5.74, 6) is -1.63. The number of rotatable bonds is 6. The lowest BCUT2D eigenvalue weighted by atomic mass is 10.0. The minimum atomic E-state index is -4.05. The maximum atomic E-state index is 13.8. The number of anilines is 1. The molecular weight excluding hydrogens is 391 g/mol. The Bertz CT molecular complexity index is 1060. The average Bonchev–Trinajstić information content (AvgIpc) is 3.10. The number of hydrogen-bond donors (Lipinski definition) is 2. The van der Waals surface area contributed by atoms with Crippen molar-refractivity contribution >= 4 is 44.3 Å². The van der Waals surface area contributed by atoms with E-state index in [1.54, 1.807) is 32.0 Å². The zero-order chi connectivity index (χ0) is 19.6. The molecule has 1 aliphatic rings. The number of halogens is 1. The molecule has 2 aromatic carbocycles.